The lowest BCUT2D eigenvalue weighted by atomic mass is 9.94. The molecule has 2 heterocycles. The molecule has 3 nitrogen and oxygen atoms in total. The molecule has 0 aliphatic carbocycles. The summed E-state index contributed by atoms with van der Waals surface area (Å²) in [4.78, 5) is 4.34. The Labute approximate surface area is 98.3 Å². The van der Waals surface area contributed by atoms with Crippen LogP contribution in [0.4, 0.5) is 0 Å². The highest BCUT2D eigenvalue weighted by atomic mass is 15.1. The molecule has 1 unspecified atom stereocenters. The maximum Gasteiger partial charge on any atom is 0.0950 e. The highest BCUT2D eigenvalue weighted by Crippen LogP contribution is 2.28. The standard InChI is InChI=1S/C13H23N3/c1-10(2)11(3)16-9-15-8-13(16)12-4-6-14-7-5-12/h8-12,14H,4-7H2,1-3H3. The smallest absolute Gasteiger partial charge is 0.0950 e. The van der Waals surface area contributed by atoms with Crippen molar-refractivity contribution in [2.75, 3.05) is 13.1 Å². The van der Waals surface area contributed by atoms with Crippen molar-refractivity contribution in [1.82, 2.24) is 14.9 Å². The topological polar surface area (TPSA) is 29.9 Å². The van der Waals surface area contributed by atoms with E-state index in [9.17, 15) is 0 Å². The molecule has 1 aromatic rings. The van der Waals surface area contributed by atoms with E-state index >= 15 is 0 Å². The van der Waals surface area contributed by atoms with Gasteiger partial charge in [0, 0.05) is 23.9 Å². The van der Waals surface area contributed by atoms with Crippen LogP contribution in [0.3, 0.4) is 0 Å². The number of nitrogens with zero attached hydrogens (tertiary/aromatic N) is 2. The van der Waals surface area contributed by atoms with Crippen molar-refractivity contribution in [1.29, 1.82) is 0 Å². The first-order chi connectivity index (χ1) is 7.70. The van der Waals surface area contributed by atoms with Crippen LogP contribution in [0.5, 0.6) is 0 Å². The van der Waals surface area contributed by atoms with E-state index in [4.69, 9.17) is 0 Å². The van der Waals surface area contributed by atoms with Gasteiger partial charge >= 0.3 is 0 Å². The molecule has 90 valence electrons. The summed E-state index contributed by atoms with van der Waals surface area (Å²) in [7, 11) is 0. The van der Waals surface area contributed by atoms with Crippen LogP contribution in [0, 0.1) is 5.92 Å². The van der Waals surface area contributed by atoms with E-state index in [1.807, 2.05) is 6.33 Å². The Bertz CT molecular complexity index is 324. The van der Waals surface area contributed by atoms with Crippen LogP contribution >= 0.6 is 0 Å². The van der Waals surface area contributed by atoms with Crippen molar-refractivity contribution >= 4 is 0 Å². The molecule has 0 spiro atoms. The van der Waals surface area contributed by atoms with E-state index in [0.717, 1.165) is 13.1 Å². The van der Waals surface area contributed by atoms with Crippen LogP contribution in [-0.4, -0.2) is 22.6 Å². The number of piperidine rings is 1. The lowest BCUT2D eigenvalue weighted by Crippen LogP contribution is -2.28. The van der Waals surface area contributed by atoms with Gasteiger partial charge in [0.15, 0.2) is 0 Å². The van der Waals surface area contributed by atoms with Gasteiger partial charge in [-0.3, -0.25) is 0 Å². The average molecular weight is 221 g/mol. The Morgan fingerprint density at radius 1 is 1.31 bits per heavy atom. The summed E-state index contributed by atoms with van der Waals surface area (Å²) in [5, 5.41) is 3.42. The van der Waals surface area contributed by atoms with Crippen LogP contribution in [0.1, 0.15) is 51.3 Å². The van der Waals surface area contributed by atoms with Crippen molar-refractivity contribution in [3.8, 4) is 0 Å². The lowest BCUT2D eigenvalue weighted by molar-refractivity contribution is 0.371. The SMILES string of the molecule is CC(C)C(C)n1cncc1C1CCNCC1. The fraction of sp³-hybridized carbons (Fsp3) is 0.769. The third-order valence-corrected chi connectivity index (χ3v) is 3.86. The summed E-state index contributed by atoms with van der Waals surface area (Å²) in [5.41, 5.74) is 1.43. The predicted molar refractivity (Wildman–Crippen MR) is 66.6 cm³/mol. The molecular weight excluding hydrogens is 198 g/mol. The van der Waals surface area contributed by atoms with Gasteiger partial charge in [-0.25, -0.2) is 4.98 Å². The van der Waals surface area contributed by atoms with E-state index in [2.05, 4.69) is 41.8 Å². The zero-order valence-corrected chi connectivity index (χ0v) is 10.6. The first kappa shape index (κ1) is 11.6. The van der Waals surface area contributed by atoms with Crippen molar-refractivity contribution in [2.45, 2.75) is 45.6 Å². The third-order valence-electron chi connectivity index (χ3n) is 3.86. The second kappa shape index (κ2) is 5.00. The van der Waals surface area contributed by atoms with Crippen LogP contribution < -0.4 is 5.32 Å². The van der Waals surface area contributed by atoms with Gasteiger partial charge in [0.2, 0.25) is 0 Å². The predicted octanol–water partition coefficient (Wildman–Crippen LogP) is 2.57. The quantitative estimate of drug-likeness (QED) is 0.850. The molecule has 1 aromatic heterocycles. The van der Waals surface area contributed by atoms with Gasteiger partial charge in [-0.05, 0) is 38.8 Å². The highest BCUT2D eigenvalue weighted by Gasteiger charge is 2.21. The number of hydrogen-bond acceptors (Lipinski definition) is 2. The maximum absolute atomic E-state index is 4.34. The lowest BCUT2D eigenvalue weighted by Gasteiger charge is -2.27. The van der Waals surface area contributed by atoms with Crippen molar-refractivity contribution in [3.63, 3.8) is 0 Å². The maximum atomic E-state index is 4.34. The molecule has 1 aliphatic rings. The molecule has 3 heteroatoms. The molecule has 0 saturated carbocycles. The van der Waals surface area contributed by atoms with Gasteiger partial charge < -0.3 is 9.88 Å². The minimum absolute atomic E-state index is 0.549. The van der Waals surface area contributed by atoms with E-state index in [1.54, 1.807) is 0 Å². The Balaban J connectivity index is 2.17. The van der Waals surface area contributed by atoms with Crippen LogP contribution in [0.25, 0.3) is 0 Å². The second-order valence-electron chi connectivity index (χ2n) is 5.23. The normalized spacial score (nSPS) is 20.2. The number of hydrogen-bond donors (Lipinski definition) is 1. The first-order valence-corrected chi connectivity index (χ1v) is 6.42. The molecule has 0 bridgehead atoms. The molecule has 1 N–H and O–H groups in total. The Morgan fingerprint density at radius 2 is 2.00 bits per heavy atom. The molecule has 1 saturated heterocycles. The van der Waals surface area contributed by atoms with E-state index in [-0.39, 0.29) is 0 Å². The fourth-order valence-electron chi connectivity index (χ4n) is 2.41. The van der Waals surface area contributed by atoms with Crippen molar-refractivity contribution in [2.24, 2.45) is 5.92 Å². The van der Waals surface area contributed by atoms with Gasteiger partial charge in [0.05, 0.1) is 6.33 Å². The molecule has 1 aliphatic heterocycles. The fourth-order valence-corrected chi connectivity index (χ4v) is 2.41. The summed E-state index contributed by atoms with van der Waals surface area (Å²) in [6, 6.07) is 0.549. The Kier molecular flexibility index (Phi) is 3.64. The highest BCUT2D eigenvalue weighted by molar-refractivity contribution is 5.09. The molecule has 0 amide bonds. The summed E-state index contributed by atoms with van der Waals surface area (Å²) >= 11 is 0. The summed E-state index contributed by atoms with van der Waals surface area (Å²) in [6.07, 6.45) is 6.56. The van der Waals surface area contributed by atoms with E-state index in [0.29, 0.717) is 17.9 Å². The van der Waals surface area contributed by atoms with Gasteiger partial charge in [-0.2, -0.15) is 0 Å². The Hall–Kier alpha value is -0.830. The minimum Gasteiger partial charge on any atom is -0.331 e. The van der Waals surface area contributed by atoms with Crippen LogP contribution in [-0.2, 0) is 0 Å². The van der Waals surface area contributed by atoms with Gasteiger partial charge in [-0.15, -0.1) is 0 Å². The summed E-state index contributed by atoms with van der Waals surface area (Å²) in [6.45, 7) is 9.13. The number of rotatable bonds is 3. The van der Waals surface area contributed by atoms with Gasteiger partial charge in [0.25, 0.3) is 0 Å². The molecule has 1 atom stereocenters. The number of imidazole rings is 1. The summed E-state index contributed by atoms with van der Waals surface area (Å²) < 4.78 is 2.38. The largest absolute Gasteiger partial charge is 0.331 e. The zero-order chi connectivity index (χ0) is 11.5. The zero-order valence-electron chi connectivity index (χ0n) is 10.6. The molecule has 1 fully saturated rings. The van der Waals surface area contributed by atoms with Gasteiger partial charge in [0.1, 0.15) is 0 Å². The number of aromatic nitrogens is 2. The van der Waals surface area contributed by atoms with Crippen molar-refractivity contribution < 1.29 is 0 Å². The monoisotopic (exact) mass is 221 g/mol. The average Bonchev–Trinajstić information content (AvgIpc) is 2.77. The third kappa shape index (κ3) is 2.29. The van der Waals surface area contributed by atoms with Crippen molar-refractivity contribution in [3.05, 3.63) is 18.2 Å². The van der Waals surface area contributed by atoms with Crippen LogP contribution in [0.2, 0.25) is 0 Å². The second-order valence-corrected chi connectivity index (χ2v) is 5.23. The summed E-state index contributed by atoms with van der Waals surface area (Å²) in [5.74, 6) is 1.36. The minimum atomic E-state index is 0.549. The molecule has 0 radical (unpaired) electrons. The van der Waals surface area contributed by atoms with Gasteiger partial charge in [-0.1, -0.05) is 13.8 Å². The molecule has 2 rings (SSSR count). The Morgan fingerprint density at radius 3 is 2.62 bits per heavy atom. The number of nitrogens with one attached hydrogen (secondary N) is 1. The molecular formula is C13H23N3. The molecule has 0 aromatic carbocycles. The van der Waals surface area contributed by atoms with Crippen LogP contribution in [0.15, 0.2) is 12.5 Å². The molecule has 16 heavy (non-hydrogen) atoms. The van der Waals surface area contributed by atoms with E-state index < -0.39 is 0 Å². The van der Waals surface area contributed by atoms with E-state index in [1.165, 1.54) is 18.5 Å². The first-order valence-electron chi connectivity index (χ1n) is 6.42.